The van der Waals surface area contributed by atoms with Gasteiger partial charge >= 0.3 is 5.97 Å². The Balaban J connectivity index is 1.64. The number of nitrogens with zero attached hydrogens (tertiary/aromatic N) is 2. The number of fused-ring (bicyclic) bond motifs is 1. The van der Waals surface area contributed by atoms with Crippen molar-refractivity contribution in [2.24, 2.45) is 4.99 Å². The van der Waals surface area contributed by atoms with Crippen molar-refractivity contribution in [2.45, 2.75) is 5.25 Å². The molecule has 1 amide bonds. The largest absolute Gasteiger partial charge is 0.478 e. The molecule has 3 N–H and O–H groups in total. The number of benzene rings is 1. The average molecular weight is 366 g/mol. The second kappa shape index (κ2) is 6.64. The molecule has 0 radical (unpaired) electrons. The number of carbonyl (C=O) groups is 2. The van der Waals surface area contributed by atoms with Crippen molar-refractivity contribution < 1.29 is 14.7 Å². The molecule has 1 aromatic carbocycles. The molecule has 1 atom stereocenters. The molecule has 7 nitrogen and oxygen atoms in total. The molecule has 0 spiro atoms. The molecule has 0 saturated carbocycles. The molecule has 0 bridgehead atoms. The zero-order chi connectivity index (χ0) is 18.1. The van der Waals surface area contributed by atoms with Crippen LogP contribution in [0.15, 0.2) is 47.7 Å². The Kier molecular flexibility index (Phi) is 4.18. The number of nitrogens with one attached hydrogen (secondary N) is 2. The first-order chi connectivity index (χ1) is 12.6. The lowest BCUT2D eigenvalue weighted by atomic mass is 10.1. The SMILES string of the molecule is O=C(O)c1ccccc1C(=O)Nc1cnc2[nH]cc(C3CN=CS3)c2c1. The summed E-state index contributed by atoms with van der Waals surface area (Å²) < 4.78 is 0. The van der Waals surface area contributed by atoms with Gasteiger partial charge in [0.2, 0.25) is 0 Å². The Morgan fingerprint density at radius 1 is 1.27 bits per heavy atom. The van der Waals surface area contributed by atoms with Gasteiger partial charge in [0.05, 0.1) is 40.4 Å². The number of hydrogen-bond donors (Lipinski definition) is 3. The first-order valence-corrected chi connectivity index (χ1v) is 8.82. The fourth-order valence-corrected chi connectivity index (χ4v) is 3.73. The van der Waals surface area contributed by atoms with Gasteiger partial charge in [-0.2, -0.15) is 0 Å². The second-order valence-electron chi connectivity index (χ2n) is 5.76. The third-order valence-corrected chi connectivity index (χ3v) is 5.14. The topological polar surface area (TPSA) is 107 Å². The lowest BCUT2D eigenvalue weighted by Gasteiger charge is -2.09. The zero-order valence-corrected chi connectivity index (χ0v) is 14.3. The van der Waals surface area contributed by atoms with E-state index in [1.54, 1.807) is 30.1 Å². The summed E-state index contributed by atoms with van der Waals surface area (Å²) in [6.45, 7) is 0.709. The van der Waals surface area contributed by atoms with E-state index >= 15 is 0 Å². The third kappa shape index (κ3) is 2.95. The van der Waals surface area contributed by atoms with Gasteiger partial charge in [-0.05, 0) is 23.8 Å². The number of carboxylic acids is 1. The summed E-state index contributed by atoms with van der Waals surface area (Å²) in [5, 5.41) is 13.1. The molecule has 3 heterocycles. The minimum absolute atomic E-state index is 0.0409. The number of anilines is 1. The van der Waals surface area contributed by atoms with Gasteiger partial charge in [0, 0.05) is 11.6 Å². The Labute approximate surface area is 152 Å². The Morgan fingerprint density at radius 2 is 2.08 bits per heavy atom. The van der Waals surface area contributed by atoms with Gasteiger partial charge in [-0.1, -0.05) is 12.1 Å². The number of aromatic carboxylic acids is 1. The predicted molar refractivity (Wildman–Crippen MR) is 101 cm³/mol. The van der Waals surface area contributed by atoms with Crippen molar-refractivity contribution in [3.63, 3.8) is 0 Å². The maximum absolute atomic E-state index is 12.5. The van der Waals surface area contributed by atoms with Gasteiger partial charge in [-0.25, -0.2) is 9.78 Å². The number of carbonyl (C=O) groups excluding carboxylic acids is 1. The summed E-state index contributed by atoms with van der Waals surface area (Å²) in [4.78, 5) is 35.5. The van der Waals surface area contributed by atoms with Crippen molar-refractivity contribution in [1.29, 1.82) is 0 Å². The molecule has 1 unspecified atom stereocenters. The van der Waals surface area contributed by atoms with E-state index in [1.807, 2.05) is 17.8 Å². The van der Waals surface area contributed by atoms with Gasteiger partial charge in [0.1, 0.15) is 5.65 Å². The number of aliphatic imine (C=N–C) groups is 1. The smallest absolute Gasteiger partial charge is 0.336 e. The van der Waals surface area contributed by atoms with Crippen LogP contribution in [0.3, 0.4) is 0 Å². The molecule has 0 aliphatic carbocycles. The highest BCUT2D eigenvalue weighted by Crippen LogP contribution is 2.36. The maximum Gasteiger partial charge on any atom is 0.336 e. The normalized spacial score (nSPS) is 16.1. The second-order valence-corrected chi connectivity index (χ2v) is 6.82. The molecule has 0 fully saturated rings. The average Bonchev–Trinajstić information content (AvgIpc) is 3.30. The molecular weight excluding hydrogens is 352 g/mol. The minimum atomic E-state index is -1.14. The molecule has 2 aromatic heterocycles. The molecule has 130 valence electrons. The molecule has 3 aromatic rings. The number of H-pyrrole nitrogens is 1. The van der Waals surface area contributed by atoms with Crippen molar-refractivity contribution >= 4 is 45.9 Å². The standard InChI is InChI=1S/C18H14N4O3S/c23-17(11-3-1-2-4-12(11)18(24)25)22-10-5-13-14(15-8-19-9-26-15)7-21-16(13)20-6-10/h1-7,9,15H,8H2,(H,20,21)(H,22,23)(H,24,25). The van der Waals surface area contributed by atoms with E-state index in [1.165, 1.54) is 12.1 Å². The highest BCUT2D eigenvalue weighted by atomic mass is 32.2. The van der Waals surface area contributed by atoms with Gasteiger partial charge in [-0.15, -0.1) is 11.8 Å². The Bertz CT molecular complexity index is 1040. The summed E-state index contributed by atoms with van der Waals surface area (Å²) in [6.07, 6.45) is 3.46. The highest BCUT2D eigenvalue weighted by molar-refractivity contribution is 8.12. The fourth-order valence-electron chi connectivity index (χ4n) is 2.89. The molecule has 26 heavy (non-hydrogen) atoms. The van der Waals surface area contributed by atoms with Gasteiger partial charge in [0.25, 0.3) is 5.91 Å². The number of rotatable bonds is 4. The first kappa shape index (κ1) is 16.3. The van der Waals surface area contributed by atoms with Gasteiger partial charge < -0.3 is 15.4 Å². The van der Waals surface area contributed by atoms with E-state index in [0.717, 1.165) is 16.6 Å². The predicted octanol–water partition coefficient (Wildman–Crippen LogP) is 3.33. The maximum atomic E-state index is 12.5. The molecule has 4 rings (SSSR count). The van der Waals surface area contributed by atoms with Crippen molar-refractivity contribution in [3.05, 3.63) is 59.4 Å². The van der Waals surface area contributed by atoms with Crippen molar-refractivity contribution in [1.82, 2.24) is 9.97 Å². The van der Waals surface area contributed by atoms with Crippen LogP contribution in [0, 0.1) is 0 Å². The summed E-state index contributed by atoms with van der Waals surface area (Å²) in [7, 11) is 0. The summed E-state index contributed by atoms with van der Waals surface area (Å²) in [5.74, 6) is -1.63. The van der Waals surface area contributed by atoms with E-state index in [2.05, 4.69) is 20.3 Å². The summed E-state index contributed by atoms with van der Waals surface area (Å²) in [5.41, 5.74) is 4.22. The van der Waals surface area contributed by atoms with Crippen LogP contribution < -0.4 is 5.32 Å². The lowest BCUT2D eigenvalue weighted by molar-refractivity contribution is 0.0692. The number of pyridine rings is 1. The van der Waals surface area contributed by atoms with Crippen LogP contribution in [0.5, 0.6) is 0 Å². The van der Waals surface area contributed by atoms with Crippen molar-refractivity contribution in [2.75, 3.05) is 11.9 Å². The van der Waals surface area contributed by atoms with E-state index in [-0.39, 0.29) is 16.4 Å². The van der Waals surface area contributed by atoms with Crippen LogP contribution in [0.25, 0.3) is 11.0 Å². The number of aromatic nitrogens is 2. The number of carboxylic acid groups (broad SMARTS) is 1. The monoisotopic (exact) mass is 366 g/mol. The molecule has 0 saturated heterocycles. The van der Waals surface area contributed by atoms with Gasteiger partial charge in [0.15, 0.2) is 0 Å². The Hall–Kier alpha value is -3.13. The zero-order valence-electron chi connectivity index (χ0n) is 13.5. The van der Waals surface area contributed by atoms with Crippen LogP contribution in [0.2, 0.25) is 0 Å². The van der Waals surface area contributed by atoms with E-state index in [9.17, 15) is 14.7 Å². The highest BCUT2D eigenvalue weighted by Gasteiger charge is 2.20. The lowest BCUT2D eigenvalue weighted by Crippen LogP contribution is -2.16. The van der Waals surface area contributed by atoms with Gasteiger partial charge in [-0.3, -0.25) is 9.79 Å². The van der Waals surface area contributed by atoms with E-state index in [0.29, 0.717) is 12.2 Å². The number of amides is 1. The van der Waals surface area contributed by atoms with Crippen LogP contribution >= 0.6 is 11.8 Å². The van der Waals surface area contributed by atoms with Crippen LogP contribution in [0.4, 0.5) is 5.69 Å². The van der Waals surface area contributed by atoms with Crippen LogP contribution in [-0.2, 0) is 0 Å². The number of thioether (sulfide) groups is 1. The van der Waals surface area contributed by atoms with Crippen molar-refractivity contribution in [3.8, 4) is 0 Å². The molecule has 8 heteroatoms. The summed E-state index contributed by atoms with van der Waals surface area (Å²) in [6, 6.07) is 7.94. The molecule has 1 aliphatic heterocycles. The van der Waals surface area contributed by atoms with E-state index < -0.39 is 11.9 Å². The van der Waals surface area contributed by atoms with E-state index in [4.69, 9.17) is 0 Å². The quantitative estimate of drug-likeness (QED) is 0.656. The summed E-state index contributed by atoms with van der Waals surface area (Å²) >= 11 is 1.64. The number of aromatic amines is 1. The fraction of sp³-hybridized carbons (Fsp3) is 0.111. The molecule has 1 aliphatic rings. The first-order valence-electron chi connectivity index (χ1n) is 7.88. The van der Waals surface area contributed by atoms with Crippen LogP contribution in [-0.4, -0.2) is 39.0 Å². The third-order valence-electron chi connectivity index (χ3n) is 4.14. The Morgan fingerprint density at radius 3 is 2.81 bits per heavy atom. The van der Waals surface area contributed by atoms with Crippen LogP contribution in [0.1, 0.15) is 31.5 Å². The minimum Gasteiger partial charge on any atom is -0.478 e. The number of hydrogen-bond acceptors (Lipinski definition) is 5. The molecular formula is C18H14N4O3S.